The highest BCUT2D eigenvalue weighted by atomic mass is 16.6. The minimum Gasteiger partial charge on any atom is -0.465 e. The van der Waals surface area contributed by atoms with Crippen molar-refractivity contribution in [1.29, 1.82) is 0 Å². The average Bonchev–Trinajstić information content (AvgIpc) is 3.33. The summed E-state index contributed by atoms with van der Waals surface area (Å²) in [5.41, 5.74) is -1.19. The zero-order chi connectivity index (χ0) is 21.6. The number of allylic oxidation sites excluding steroid dienone is 1. The highest BCUT2D eigenvalue weighted by molar-refractivity contribution is 5.99. The number of ketones is 2. The van der Waals surface area contributed by atoms with Crippen LogP contribution < -0.4 is 0 Å². The molecular weight excluding hydrogens is 364 g/mol. The fourth-order valence-electron chi connectivity index (χ4n) is 3.31. The standard InChI is InChI=1S/C21H32O7/c1-7-9-12(3)20-21(6,28-20)19(26)16(11-27-14(5)22)18(25)13(4)17(24)10-15(23)8-2/h7,9,12,16-17,19-20,24,26H,4,8,10-11H2,1-3,5-6H3/t12-,16-,17-,19-,20+,21?/m0/s1. The first-order valence-electron chi connectivity index (χ1n) is 9.54. The molecule has 0 amide bonds. The molecule has 0 aromatic heterocycles. The summed E-state index contributed by atoms with van der Waals surface area (Å²) in [6.07, 6.45) is 0.890. The third-order valence-corrected chi connectivity index (χ3v) is 5.17. The monoisotopic (exact) mass is 396 g/mol. The Hall–Kier alpha value is -1.83. The van der Waals surface area contributed by atoms with Gasteiger partial charge in [0.25, 0.3) is 0 Å². The van der Waals surface area contributed by atoms with Crippen molar-refractivity contribution >= 4 is 17.5 Å². The number of aliphatic hydroxyl groups excluding tert-OH is 2. The van der Waals surface area contributed by atoms with E-state index in [1.807, 2.05) is 26.0 Å². The van der Waals surface area contributed by atoms with E-state index in [9.17, 15) is 24.6 Å². The number of rotatable bonds is 12. The third-order valence-electron chi connectivity index (χ3n) is 5.17. The van der Waals surface area contributed by atoms with Gasteiger partial charge in [0.1, 0.15) is 18.0 Å². The molecule has 0 aromatic carbocycles. The van der Waals surface area contributed by atoms with Gasteiger partial charge in [-0.05, 0) is 13.8 Å². The quantitative estimate of drug-likeness (QED) is 0.224. The Balaban J connectivity index is 2.99. The van der Waals surface area contributed by atoms with Gasteiger partial charge in [0.15, 0.2) is 5.78 Å². The first kappa shape index (κ1) is 24.2. The van der Waals surface area contributed by atoms with E-state index < -0.39 is 35.5 Å². The number of epoxide rings is 1. The zero-order valence-corrected chi connectivity index (χ0v) is 17.3. The lowest BCUT2D eigenvalue weighted by Gasteiger charge is -2.27. The van der Waals surface area contributed by atoms with Crippen LogP contribution in [0.5, 0.6) is 0 Å². The van der Waals surface area contributed by atoms with E-state index in [4.69, 9.17) is 9.47 Å². The largest absolute Gasteiger partial charge is 0.465 e. The molecule has 0 saturated carbocycles. The molecular formula is C21H32O7. The minimum absolute atomic E-state index is 0.0186. The SMILES string of the molecule is C=C(C(=O)[C@H](COC(C)=O)[C@H](O)C1(C)O[C@@H]1[C@@H](C)C=CC)[C@@H](O)CC(=O)CC. The number of hydrogen-bond donors (Lipinski definition) is 2. The molecule has 158 valence electrons. The van der Waals surface area contributed by atoms with Crippen molar-refractivity contribution in [2.45, 2.75) is 71.4 Å². The molecule has 7 nitrogen and oxygen atoms in total. The Morgan fingerprint density at radius 3 is 2.43 bits per heavy atom. The second-order valence-electron chi connectivity index (χ2n) is 7.46. The lowest BCUT2D eigenvalue weighted by molar-refractivity contribution is -0.146. The highest BCUT2D eigenvalue weighted by Gasteiger charge is 2.61. The lowest BCUT2D eigenvalue weighted by atomic mass is 9.81. The number of aliphatic hydroxyl groups is 2. The van der Waals surface area contributed by atoms with E-state index in [1.165, 1.54) is 6.92 Å². The van der Waals surface area contributed by atoms with Crippen LogP contribution in [0, 0.1) is 11.8 Å². The maximum atomic E-state index is 12.9. The van der Waals surface area contributed by atoms with Gasteiger partial charge in [-0.1, -0.05) is 32.6 Å². The van der Waals surface area contributed by atoms with Crippen LogP contribution in [0.1, 0.15) is 47.5 Å². The molecule has 1 heterocycles. The smallest absolute Gasteiger partial charge is 0.302 e. The van der Waals surface area contributed by atoms with Gasteiger partial charge in [-0.15, -0.1) is 0 Å². The molecule has 1 unspecified atom stereocenters. The number of hydrogen-bond acceptors (Lipinski definition) is 7. The summed E-state index contributed by atoms with van der Waals surface area (Å²) in [7, 11) is 0. The van der Waals surface area contributed by atoms with Crippen LogP contribution in [-0.2, 0) is 23.9 Å². The van der Waals surface area contributed by atoms with E-state index in [1.54, 1.807) is 13.8 Å². The fourth-order valence-corrected chi connectivity index (χ4v) is 3.31. The zero-order valence-electron chi connectivity index (χ0n) is 17.3. The normalized spacial score (nSPS) is 25.6. The Morgan fingerprint density at radius 2 is 1.93 bits per heavy atom. The topological polar surface area (TPSA) is 113 Å². The molecule has 0 spiro atoms. The van der Waals surface area contributed by atoms with Crippen LogP contribution in [0.4, 0.5) is 0 Å². The van der Waals surface area contributed by atoms with Gasteiger partial charge < -0.3 is 19.7 Å². The third kappa shape index (κ3) is 5.83. The summed E-state index contributed by atoms with van der Waals surface area (Å²) in [4.78, 5) is 35.7. The predicted molar refractivity (Wildman–Crippen MR) is 103 cm³/mol. The van der Waals surface area contributed by atoms with Crippen molar-refractivity contribution in [3.05, 3.63) is 24.3 Å². The Bertz CT molecular complexity index is 639. The van der Waals surface area contributed by atoms with E-state index in [2.05, 4.69) is 6.58 Å². The lowest BCUT2D eigenvalue weighted by Crippen LogP contribution is -2.44. The molecule has 1 aliphatic rings. The van der Waals surface area contributed by atoms with Crippen LogP contribution in [0.3, 0.4) is 0 Å². The van der Waals surface area contributed by atoms with E-state index in [-0.39, 0.29) is 42.8 Å². The summed E-state index contributed by atoms with van der Waals surface area (Å²) in [6.45, 7) is 11.6. The molecule has 0 aliphatic carbocycles. The summed E-state index contributed by atoms with van der Waals surface area (Å²) in [5.74, 6) is -2.60. The minimum atomic E-state index is -1.35. The van der Waals surface area contributed by atoms with Crippen LogP contribution in [0.2, 0.25) is 0 Å². The van der Waals surface area contributed by atoms with E-state index in [0.29, 0.717) is 0 Å². The molecule has 0 aromatic rings. The van der Waals surface area contributed by atoms with E-state index >= 15 is 0 Å². The molecule has 7 heteroatoms. The number of carbonyl (C=O) groups is 3. The van der Waals surface area contributed by atoms with Gasteiger partial charge in [0.2, 0.25) is 0 Å². The highest BCUT2D eigenvalue weighted by Crippen LogP contribution is 2.46. The van der Waals surface area contributed by atoms with Gasteiger partial charge in [-0.2, -0.15) is 0 Å². The van der Waals surface area contributed by atoms with Gasteiger partial charge >= 0.3 is 5.97 Å². The number of esters is 1. The molecule has 1 saturated heterocycles. The average molecular weight is 396 g/mol. The second kappa shape index (κ2) is 10.1. The Labute approximate surface area is 166 Å². The molecule has 1 rings (SSSR count). The molecule has 0 radical (unpaired) electrons. The maximum absolute atomic E-state index is 12.9. The molecule has 1 aliphatic heterocycles. The van der Waals surface area contributed by atoms with Gasteiger partial charge in [-0.25, -0.2) is 0 Å². The van der Waals surface area contributed by atoms with E-state index in [0.717, 1.165) is 0 Å². The molecule has 28 heavy (non-hydrogen) atoms. The Morgan fingerprint density at radius 1 is 1.32 bits per heavy atom. The van der Waals surface area contributed by atoms with Gasteiger partial charge in [0, 0.05) is 31.3 Å². The summed E-state index contributed by atoms with van der Waals surface area (Å²) >= 11 is 0. The molecule has 6 atom stereocenters. The molecule has 1 fully saturated rings. The summed E-state index contributed by atoms with van der Waals surface area (Å²) in [5, 5.41) is 21.0. The predicted octanol–water partition coefficient (Wildman–Crippen LogP) is 1.75. The number of ether oxygens (including phenoxy) is 2. The van der Waals surface area contributed by atoms with Crippen molar-refractivity contribution < 1.29 is 34.1 Å². The van der Waals surface area contributed by atoms with Crippen LogP contribution in [0.25, 0.3) is 0 Å². The van der Waals surface area contributed by atoms with Gasteiger partial charge in [-0.3, -0.25) is 14.4 Å². The summed E-state index contributed by atoms with van der Waals surface area (Å²) < 4.78 is 10.7. The number of carbonyl (C=O) groups excluding carboxylic acids is 3. The first-order chi connectivity index (χ1) is 13.0. The Kier molecular flexibility index (Phi) is 8.73. The van der Waals surface area contributed by atoms with Crippen LogP contribution in [-0.4, -0.2) is 58.3 Å². The van der Waals surface area contributed by atoms with Crippen molar-refractivity contribution in [3.8, 4) is 0 Å². The maximum Gasteiger partial charge on any atom is 0.302 e. The number of Topliss-reactive ketones (excluding diaryl/α,β-unsaturated/α-hetero) is 2. The van der Waals surface area contributed by atoms with Crippen molar-refractivity contribution in [1.82, 2.24) is 0 Å². The fraction of sp³-hybridized carbons (Fsp3) is 0.667. The van der Waals surface area contributed by atoms with Crippen molar-refractivity contribution in [2.24, 2.45) is 11.8 Å². The van der Waals surface area contributed by atoms with Crippen LogP contribution in [0.15, 0.2) is 24.3 Å². The van der Waals surface area contributed by atoms with Crippen LogP contribution >= 0.6 is 0 Å². The molecule has 2 N–H and O–H groups in total. The molecule has 0 bridgehead atoms. The van der Waals surface area contributed by atoms with Gasteiger partial charge in [0.05, 0.1) is 24.2 Å². The first-order valence-corrected chi connectivity index (χ1v) is 9.54. The second-order valence-corrected chi connectivity index (χ2v) is 7.46. The van der Waals surface area contributed by atoms with Crippen molar-refractivity contribution in [2.75, 3.05) is 6.61 Å². The van der Waals surface area contributed by atoms with Crippen molar-refractivity contribution in [3.63, 3.8) is 0 Å². The summed E-state index contributed by atoms with van der Waals surface area (Å²) in [6, 6.07) is 0.